The maximum atomic E-state index is 13.5. The first-order valence-electron chi connectivity index (χ1n) is 5.34. The number of nitrogens with one attached hydrogen (secondary N) is 1. The SMILES string of the molecule is CNC(Cc1cc(F)ccc1F)c1ccsc1. The number of thiophene rings is 1. The minimum atomic E-state index is -0.401. The van der Waals surface area contributed by atoms with Gasteiger partial charge in [0.1, 0.15) is 11.6 Å². The van der Waals surface area contributed by atoms with Crippen LogP contribution in [-0.4, -0.2) is 7.05 Å². The molecule has 0 aliphatic carbocycles. The van der Waals surface area contributed by atoms with Crippen molar-refractivity contribution in [3.8, 4) is 0 Å². The highest BCUT2D eigenvalue weighted by molar-refractivity contribution is 7.07. The topological polar surface area (TPSA) is 12.0 Å². The van der Waals surface area contributed by atoms with E-state index in [4.69, 9.17) is 0 Å². The Morgan fingerprint density at radius 3 is 2.76 bits per heavy atom. The van der Waals surface area contributed by atoms with Gasteiger partial charge in [-0.05, 0) is 59.6 Å². The highest BCUT2D eigenvalue weighted by Gasteiger charge is 2.13. The van der Waals surface area contributed by atoms with Crippen LogP contribution in [0.1, 0.15) is 17.2 Å². The molecule has 1 heterocycles. The Bertz CT molecular complexity index is 482. The average molecular weight is 253 g/mol. The molecule has 0 amide bonds. The largest absolute Gasteiger partial charge is 0.313 e. The van der Waals surface area contributed by atoms with Crippen molar-refractivity contribution in [2.24, 2.45) is 0 Å². The molecule has 1 nitrogen and oxygen atoms in total. The van der Waals surface area contributed by atoms with Gasteiger partial charge in [-0.15, -0.1) is 0 Å². The van der Waals surface area contributed by atoms with E-state index in [1.54, 1.807) is 11.3 Å². The molecule has 4 heteroatoms. The smallest absolute Gasteiger partial charge is 0.126 e. The van der Waals surface area contributed by atoms with Crippen LogP contribution in [0.4, 0.5) is 8.78 Å². The zero-order valence-electron chi connectivity index (χ0n) is 9.41. The summed E-state index contributed by atoms with van der Waals surface area (Å²) < 4.78 is 26.6. The molecule has 2 aromatic rings. The van der Waals surface area contributed by atoms with E-state index in [2.05, 4.69) is 5.32 Å². The average Bonchev–Trinajstić information content (AvgIpc) is 2.84. The molecule has 2 rings (SSSR count). The Morgan fingerprint density at radius 1 is 1.29 bits per heavy atom. The second-order valence-electron chi connectivity index (χ2n) is 3.84. The summed E-state index contributed by atoms with van der Waals surface area (Å²) in [5.74, 6) is -0.761. The third kappa shape index (κ3) is 2.90. The minimum absolute atomic E-state index is 0.0116. The van der Waals surface area contributed by atoms with Gasteiger partial charge in [-0.25, -0.2) is 8.78 Å². The molecule has 0 spiro atoms. The van der Waals surface area contributed by atoms with Crippen LogP contribution in [0, 0.1) is 11.6 Å². The van der Waals surface area contributed by atoms with Gasteiger partial charge in [-0.1, -0.05) is 0 Å². The first-order valence-corrected chi connectivity index (χ1v) is 6.28. The van der Waals surface area contributed by atoms with Crippen molar-refractivity contribution >= 4 is 11.3 Å². The summed E-state index contributed by atoms with van der Waals surface area (Å²) >= 11 is 1.59. The van der Waals surface area contributed by atoms with Gasteiger partial charge in [0, 0.05) is 6.04 Å². The van der Waals surface area contributed by atoms with Crippen LogP contribution in [0.15, 0.2) is 35.0 Å². The molecule has 1 atom stereocenters. The van der Waals surface area contributed by atoms with E-state index < -0.39 is 5.82 Å². The third-order valence-electron chi connectivity index (χ3n) is 2.73. The van der Waals surface area contributed by atoms with Gasteiger partial charge >= 0.3 is 0 Å². The lowest BCUT2D eigenvalue weighted by molar-refractivity contribution is 0.545. The zero-order valence-corrected chi connectivity index (χ0v) is 10.2. The van der Waals surface area contributed by atoms with E-state index in [9.17, 15) is 8.78 Å². The van der Waals surface area contributed by atoms with E-state index in [0.29, 0.717) is 12.0 Å². The number of benzene rings is 1. The van der Waals surface area contributed by atoms with E-state index in [1.165, 1.54) is 12.1 Å². The summed E-state index contributed by atoms with van der Waals surface area (Å²) in [5.41, 5.74) is 1.50. The molecular formula is C13H13F2NS. The van der Waals surface area contributed by atoms with Crippen molar-refractivity contribution in [2.45, 2.75) is 12.5 Å². The fourth-order valence-electron chi connectivity index (χ4n) is 1.78. The van der Waals surface area contributed by atoms with Gasteiger partial charge < -0.3 is 5.32 Å². The maximum absolute atomic E-state index is 13.5. The first kappa shape index (κ1) is 12.2. The molecule has 1 aromatic heterocycles. The second kappa shape index (κ2) is 5.38. The fourth-order valence-corrected chi connectivity index (χ4v) is 2.49. The van der Waals surface area contributed by atoms with Crippen LogP contribution in [0.5, 0.6) is 0 Å². The Hall–Kier alpha value is -1.26. The van der Waals surface area contributed by atoms with Crippen molar-refractivity contribution < 1.29 is 8.78 Å². The molecule has 0 aliphatic rings. The number of hydrogen-bond acceptors (Lipinski definition) is 2. The molecule has 0 bridgehead atoms. The normalized spacial score (nSPS) is 12.6. The van der Waals surface area contributed by atoms with Gasteiger partial charge in [0.15, 0.2) is 0 Å². The van der Waals surface area contributed by atoms with Crippen LogP contribution in [0.25, 0.3) is 0 Å². The summed E-state index contributed by atoms with van der Waals surface area (Å²) in [6, 6.07) is 5.57. The quantitative estimate of drug-likeness (QED) is 0.879. The van der Waals surface area contributed by atoms with Crippen LogP contribution in [0.3, 0.4) is 0 Å². The van der Waals surface area contributed by atoms with Crippen LogP contribution in [0.2, 0.25) is 0 Å². The molecule has 1 N–H and O–H groups in total. The van der Waals surface area contributed by atoms with Crippen molar-refractivity contribution in [3.63, 3.8) is 0 Å². The van der Waals surface area contributed by atoms with Crippen molar-refractivity contribution in [3.05, 3.63) is 57.8 Å². The molecule has 0 fully saturated rings. The highest BCUT2D eigenvalue weighted by Crippen LogP contribution is 2.22. The molecule has 0 aliphatic heterocycles. The molecular weight excluding hydrogens is 240 g/mol. The lowest BCUT2D eigenvalue weighted by Crippen LogP contribution is -2.18. The Kier molecular flexibility index (Phi) is 3.86. The maximum Gasteiger partial charge on any atom is 0.126 e. The molecule has 0 saturated carbocycles. The molecule has 0 saturated heterocycles. The van der Waals surface area contributed by atoms with E-state index in [1.807, 2.05) is 23.9 Å². The predicted molar refractivity (Wildman–Crippen MR) is 66.2 cm³/mol. The number of hydrogen-bond donors (Lipinski definition) is 1. The van der Waals surface area contributed by atoms with E-state index in [-0.39, 0.29) is 11.9 Å². The number of likely N-dealkylation sites (N-methyl/N-ethyl adjacent to an activating group) is 1. The standard InChI is InChI=1S/C13H13F2NS/c1-16-13(9-4-5-17-8-9)7-10-6-11(14)2-3-12(10)15/h2-6,8,13,16H,7H2,1H3. The third-order valence-corrected chi connectivity index (χ3v) is 3.43. The predicted octanol–water partition coefficient (Wildman–Crippen LogP) is 3.53. The first-order chi connectivity index (χ1) is 8.20. The van der Waals surface area contributed by atoms with Gasteiger partial charge in [-0.3, -0.25) is 0 Å². The summed E-state index contributed by atoms with van der Waals surface area (Å²) in [7, 11) is 1.82. The number of halogens is 2. The monoisotopic (exact) mass is 253 g/mol. The van der Waals surface area contributed by atoms with Crippen molar-refractivity contribution in [1.29, 1.82) is 0 Å². The van der Waals surface area contributed by atoms with Gasteiger partial charge in [0.05, 0.1) is 0 Å². The molecule has 17 heavy (non-hydrogen) atoms. The van der Waals surface area contributed by atoms with Gasteiger partial charge in [0.25, 0.3) is 0 Å². The van der Waals surface area contributed by atoms with Crippen molar-refractivity contribution in [1.82, 2.24) is 5.32 Å². The molecule has 1 unspecified atom stereocenters. The Labute approximate surface area is 103 Å². The van der Waals surface area contributed by atoms with Gasteiger partial charge in [-0.2, -0.15) is 11.3 Å². The Balaban J connectivity index is 2.21. The summed E-state index contributed by atoms with van der Waals surface area (Å²) in [6.45, 7) is 0. The second-order valence-corrected chi connectivity index (χ2v) is 4.62. The van der Waals surface area contributed by atoms with E-state index in [0.717, 1.165) is 11.6 Å². The fraction of sp³-hybridized carbons (Fsp3) is 0.231. The van der Waals surface area contributed by atoms with Crippen molar-refractivity contribution in [2.75, 3.05) is 7.05 Å². The molecule has 90 valence electrons. The highest BCUT2D eigenvalue weighted by atomic mass is 32.1. The van der Waals surface area contributed by atoms with Gasteiger partial charge in [0.2, 0.25) is 0 Å². The molecule has 0 radical (unpaired) electrons. The van der Waals surface area contributed by atoms with Crippen LogP contribution < -0.4 is 5.32 Å². The molecule has 1 aromatic carbocycles. The summed E-state index contributed by atoms with van der Waals surface area (Å²) in [4.78, 5) is 0. The lowest BCUT2D eigenvalue weighted by atomic mass is 10.0. The van der Waals surface area contributed by atoms with Crippen LogP contribution in [-0.2, 0) is 6.42 Å². The summed E-state index contributed by atoms with van der Waals surface area (Å²) in [5, 5.41) is 7.10. The minimum Gasteiger partial charge on any atom is -0.313 e. The Morgan fingerprint density at radius 2 is 2.12 bits per heavy atom. The summed E-state index contributed by atoms with van der Waals surface area (Å²) in [6.07, 6.45) is 0.441. The zero-order chi connectivity index (χ0) is 12.3. The van der Waals surface area contributed by atoms with E-state index >= 15 is 0 Å². The lowest BCUT2D eigenvalue weighted by Gasteiger charge is -2.15. The number of rotatable bonds is 4. The van der Waals surface area contributed by atoms with Crippen LogP contribution >= 0.6 is 11.3 Å².